The molecule has 0 saturated heterocycles. The number of nitrogens with zero attached hydrogens (tertiary/aromatic N) is 1. The summed E-state index contributed by atoms with van der Waals surface area (Å²) in [5, 5.41) is 14.8. The summed E-state index contributed by atoms with van der Waals surface area (Å²) in [7, 11) is 0. The molecule has 0 bridgehead atoms. The van der Waals surface area contributed by atoms with Crippen molar-refractivity contribution in [1.29, 1.82) is 0 Å². The van der Waals surface area contributed by atoms with Gasteiger partial charge in [0.25, 0.3) is 0 Å². The standard InChI is InChI=1S/C13H29N3O/c1-11(2)7-6-8-12(3)15-10-5-4-9-13(14)16-17/h11-12,15,17H,4-10H2,1-3H3,(H2,14,16). The molecular formula is C13H29N3O. The molecule has 0 amide bonds. The number of nitrogens with one attached hydrogen (secondary N) is 1. The molecule has 0 aromatic rings. The maximum Gasteiger partial charge on any atom is 0.139 e. The topological polar surface area (TPSA) is 70.6 Å². The van der Waals surface area contributed by atoms with Crippen molar-refractivity contribution in [2.75, 3.05) is 6.54 Å². The Balaban J connectivity index is 3.30. The quantitative estimate of drug-likeness (QED) is 0.182. The second-order valence-electron chi connectivity index (χ2n) is 5.23. The Bertz CT molecular complexity index is 205. The summed E-state index contributed by atoms with van der Waals surface area (Å²) in [6, 6.07) is 0.595. The third-order valence-electron chi connectivity index (χ3n) is 2.90. The van der Waals surface area contributed by atoms with Gasteiger partial charge in [0, 0.05) is 12.5 Å². The monoisotopic (exact) mass is 243 g/mol. The van der Waals surface area contributed by atoms with Crippen molar-refractivity contribution in [2.24, 2.45) is 16.8 Å². The summed E-state index contributed by atoms with van der Waals surface area (Å²) < 4.78 is 0. The summed E-state index contributed by atoms with van der Waals surface area (Å²) in [6.07, 6.45) is 6.59. The fourth-order valence-corrected chi connectivity index (χ4v) is 1.76. The number of hydrogen-bond acceptors (Lipinski definition) is 3. The first-order valence-corrected chi connectivity index (χ1v) is 6.76. The molecule has 0 aliphatic rings. The first kappa shape index (κ1) is 16.2. The van der Waals surface area contributed by atoms with Gasteiger partial charge < -0.3 is 16.3 Å². The Morgan fingerprint density at radius 2 is 1.88 bits per heavy atom. The largest absolute Gasteiger partial charge is 0.409 e. The van der Waals surface area contributed by atoms with Crippen LogP contribution in [0.3, 0.4) is 0 Å². The molecule has 0 rings (SSSR count). The van der Waals surface area contributed by atoms with Crippen LogP contribution in [0.5, 0.6) is 0 Å². The number of nitrogens with two attached hydrogens (primary N) is 1. The Kier molecular flexibility index (Phi) is 9.92. The van der Waals surface area contributed by atoms with Crippen LogP contribution >= 0.6 is 0 Å². The van der Waals surface area contributed by atoms with Gasteiger partial charge in [-0.2, -0.15) is 0 Å². The van der Waals surface area contributed by atoms with Gasteiger partial charge in [0.2, 0.25) is 0 Å². The van der Waals surface area contributed by atoms with Crippen LogP contribution in [0, 0.1) is 5.92 Å². The molecule has 0 aliphatic carbocycles. The highest BCUT2D eigenvalue weighted by Gasteiger charge is 2.02. The molecule has 4 nitrogen and oxygen atoms in total. The molecule has 0 radical (unpaired) electrons. The van der Waals surface area contributed by atoms with Crippen LogP contribution in [-0.2, 0) is 0 Å². The molecule has 1 unspecified atom stereocenters. The van der Waals surface area contributed by atoms with E-state index in [1.165, 1.54) is 19.3 Å². The molecule has 0 heterocycles. The Hall–Kier alpha value is -0.770. The molecule has 0 spiro atoms. The minimum absolute atomic E-state index is 0.329. The van der Waals surface area contributed by atoms with Gasteiger partial charge in [-0.1, -0.05) is 31.8 Å². The molecule has 102 valence electrons. The van der Waals surface area contributed by atoms with Crippen molar-refractivity contribution >= 4 is 5.84 Å². The second-order valence-corrected chi connectivity index (χ2v) is 5.23. The zero-order valence-corrected chi connectivity index (χ0v) is 11.6. The van der Waals surface area contributed by atoms with Crippen LogP contribution < -0.4 is 11.1 Å². The smallest absolute Gasteiger partial charge is 0.139 e. The number of rotatable bonds is 10. The van der Waals surface area contributed by atoms with Crippen molar-refractivity contribution in [2.45, 2.75) is 65.3 Å². The van der Waals surface area contributed by atoms with Crippen LogP contribution in [0.25, 0.3) is 0 Å². The van der Waals surface area contributed by atoms with Gasteiger partial charge in [0.1, 0.15) is 5.84 Å². The minimum Gasteiger partial charge on any atom is -0.409 e. The lowest BCUT2D eigenvalue weighted by molar-refractivity contribution is 0.316. The number of unbranched alkanes of at least 4 members (excludes halogenated alkanes) is 1. The zero-order chi connectivity index (χ0) is 13.1. The third-order valence-corrected chi connectivity index (χ3v) is 2.90. The number of hydrogen-bond donors (Lipinski definition) is 3. The summed E-state index contributed by atoms with van der Waals surface area (Å²) in [6.45, 7) is 7.79. The number of amidine groups is 1. The van der Waals surface area contributed by atoms with E-state index in [4.69, 9.17) is 10.9 Å². The van der Waals surface area contributed by atoms with Crippen LogP contribution in [0.2, 0.25) is 0 Å². The van der Waals surface area contributed by atoms with Gasteiger partial charge in [0.15, 0.2) is 0 Å². The molecule has 0 saturated carbocycles. The molecule has 17 heavy (non-hydrogen) atoms. The van der Waals surface area contributed by atoms with Crippen LogP contribution in [-0.4, -0.2) is 23.6 Å². The molecule has 0 aromatic heterocycles. The van der Waals surface area contributed by atoms with Crippen molar-refractivity contribution in [1.82, 2.24) is 5.32 Å². The first-order chi connectivity index (χ1) is 8.06. The second kappa shape index (κ2) is 10.4. The summed E-state index contributed by atoms with van der Waals surface area (Å²) in [5.41, 5.74) is 5.39. The Morgan fingerprint density at radius 3 is 2.47 bits per heavy atom. The van der Waals surface area contributed by atoms with Gasteiger partial charge in [-0.15, -0.1) is 0 Å². The van der Waals surface area contributed by atoms with Gasteiger partial charge >= 0.3 is 0 Å². The van der Waals surface area contributed by atoms with E-state index in [1.54, 1.807) is 0 Å². The SMILES string of the molecule is CC(C)CCCC(C)NCCCCC(N)=NO. The average molecular weight is 243 g/mol. The predicted octanol–water partition coefficient (Wildman–Crippen LogP) is 2.71. The van der Waals surface area contributed by atoms with E-state index in [-0.39, 0.29) is 0 Å². The molecule has 4 heteroatoms. The number of oxime groups is 1. The highest BCUT2D eigenvalue weighted by molar-refractivity contribution is 5.79. The zero-order valence-electron chi connectivity index (χ0n) is 11.6. The maximum atomic E-state index is 8.37. The van der Waals surface area contributed by atoms with Gasteiger partial charge in [-0.05, 0) is 38.6 Å². The lowest BCUT2D eigenvalue weighted by atomic mass is 10.0. The normalized spacial score (nSPS) is 14.2. The molecule has 0 aromatic carbocycles. The Morgan fingerprint density at radius 1 is 1.18 bits per heavy atom. The van der Waals surface area contributed by atoms with Crippen molar-refractivity contribution in [3.8, 4) is 0 Å². The highest BCUT2D eigenvalue weighted by Crippen LogP contribution is 2.08. The molecule has 1 atom stereocenters. The van der Waals surface area contributed by atoms with Crippen LogP contribution in [0.4, 0.5) is 0 Å². The Labute approximate surface area is 106 Å². The lowest BCUT2D eigenvalue weighted by Gasteiger charge is -2.14. The predicted molar refractivity (Wildman–Crippen MR) is 73.4 cm³/mol. The van der Waals surface area contributed by atoms with E-state index >= 15 is 0 Å². The molecule has 4 N–H and O–H groups in total. The summed E-state index contributed by atoms with van der Waals surface area (Å²) in [5.74, 6) is 1.14. The lowest BCUT2D eigenvalue weighted by Crippen LogP contribution is -2.27. The van der Waals surface area contributed by atoms with Crippen molar-refractivity contribution < 1.29 is 5.21 Å². The summed E-state index contributed by atoms with van der Waals surface area (Å²) in [4.78, 5) is 0. The van der Waals surface area contributed by atoms with E-state index in [0.29, 0.717) is 18.3 Å². The fraction of sp³-hybridized carbons (Fsp3) is 0.923. The van der Waals surface area contributed by atoms with Gasteiger partial charge in [-0.25, -0.2) is 0 Å². The van der Waals surface area contributed by atoms with Gasteiger partial charge in [-0.3, -0.25) is 0 Å². The van der Waals surface area contributed by atoms with Crippen molar-refractivity contribution in [3.05, 3.63) is 0 Å². The average Bonchev–Trinajstić information content (AvgIpc) is 2.27. The van der Waals surface area contributed by atoms with Gasteiger partial charge in [0.05, 0.1) is 0 Å². The molecular weight excluding hydrogens is 214 g/mol. The first-order valence-electron chi connectivity index (χ1n) is 6.76. The van der Waals surface area contributed by atoms with E-state index in [2.05, 4.69) is 31.2 Å². The van der Waals surface area contributed by atoms with Crippen LogP contribution in [0.15, 0.2) is 5.16 Å². The van der Waals surface area contributed by atoms with E-state index < -0.39 is 0 Å². The third kappa shape index (κ3) is 11.5. The van der Waals surface area contributed by atoms with Crippen LogP contribution in [0.1, 0.15) is 59.3 Å². The van der Waals surface area contributed by atoms with Crippen molar-refractivity contribution in [3.63, 3.8) is 0 Å². The van der Waals surface area contributed by atoms with E-state index in [0.717, 1.165) is 25.3 Å². The maximum absolute atomic E-state index is 8.37. The fourth-order valence-electron chi connectivity index (χ4n) is 1.76. The minimum atomic E-state index is 0.329. The summed E-state index contributed by atoms with van der Waals surface area (Å²) >= 11 is 0. The molecule has 0 aliphatic heterocycles. The van der Waals surface area contributed by atoms with E-state index in [9.17, 15) is 0 Å². The highest BCUT2D eigenvalue weighted by atomic mass is 16.4. The van der Waals surface area contributed by atoms with E-state index in [1.807, 2.05) is 0 Å². The molecule has 0 fully saturated rings.